The molecule has 0 saturated heterocycles. The highest BCUT2D eigenvalue weighted by atomic mass is 16.5. The van der Waals surface area contributed by atoms with Crippen molar-refractivity contribution >= 4 is 5.90 Å². The Kier molecular flexibility index (Phi) is 6.51. The van der Waals surface area contributed by atoms with Crippen molar-refractivity contribution in [2.75, 3.05) is 6.61 Å². The summed E-state index contributed by atoms with van der Waals surface area (Å²) in [4.78, 5) is 0. The first-order valence-corrected chi connectivity index (χ1v) is 2.55. The Morgan fingerprint density at radius 3 is 2.22 bits per heavy atom. The first kappa shape index (κ1) is 11.0. The Morgan fingerprint density at radius 1 is 1.67 bits per heavy atom. The maximum atomic E-state index is 7.02. The average molecular weight is 130 g/mol. The predicted octanol–water partition coefficient (Wildman–Crippen LogP) is 1.74. The van der Waals surface area contributed by atoms with E-state index in [1.165, 1.54) is 0 Å². The Morgan fingerprint density at radius 2 is 2.11 bits per heavy atom. The van der Waals surface area contributed by atoms with Crippen LogP contribution in [0.4, 0.5) is 0 Å². The maximum Gasteiger partial charge on any atom is 0.208 e. The first-order chi connectivity index (χ1) is 3.68. The van der Waals surface area contributed by atoms with Crippen LogP contribution in [0.1, 0.15) is 13.8 Å². The maximum absolute atomic E-state index is 7.02. The van der Waals surface area contributed by atoms with Crippen LogP contribution in [0.25, 0.3) is 0 Å². The molecular weight excluding hydrogens is 116 g/mol. The Hall–Kier alpha value is -0.830. The molecule has 0 radical (unpaired) electrons. The van der Waals surface area contributed by atoms with Gasteiger partial charge in [0.2, 0.25) is 5.90 Å². The van der Waals surface area contributed by atoms with E-state index in [1.54, 1.807) is 6.92 Å². The number of nitrogens with one attached hydrogen (secondary N) is 1. The van der Waals surface area contributed by atoms with Gasteiger partial charge in [0, 0.05) is 5.57 Å². The molecule has 0 aromatic rings. The van der Waals surface area contributed by atoms with E-state index >= 15 is 0 Å². The van der Waals surface area contributed by atoms with Crippen molar-refractivity contribution in [1.29, 1.82) is 5.41 Å². The molecule has 0 aromatic heterocycles. The fourth-order valence-electron chi connectivity index (χ4n) is 0.268. The van der Waals surface area contributed by atoms with Crippen molar-refractivity contribution in [2.24, 2.45) is 0 Å². The highest BCUT2D eigenvalue weighted by molar-refractivity contribution is 5.89. The zero-order valence-corrected chi connectivity index (χ0v) is 6.03. The number of ether oxygens (including phenoxy) is 1. The van der Waals surface area contributed by atoms with Gasteiger partial charge in [-0.25, -0.2) is 0 Å². The topological polar surface area (TPSA) is 68.1 Å². The van der Waals surface area contributed by atoms with Crippen molar-refractivity contribution in [3.63, 3.8) is 0 Å². The molecule has 0 saturated carbocycles. The van der Waals surface area contributed by atoms with Crippen LogP contribution < -0.4 is 6.15 Å². The summed E-state index contributed by atoms with van der Waals surface area (Å²) in [5.41, 5.74) is 0.673. The van der Waals surface area contributed by atoms with Crippen LogP contribution in [-0.4, -0.2) is 12.5 Å². The lowest BCUT2D eigenvalue weighted by Crippen LogP contribution is -2.02. The lowest BCUT2D eigenvalue weighted by molar-refractivity contribution is 0.325. The van der Waals surface area contributed by atoms with Gasteiger partial charge in [0.25, 0.3) is 0 Å². The third-order valence-electron chi connectivity index (χ3n) is 0.676. The van der Waals surface area contributed by atoms with E-state index < -0.39 is 0 Å². The molecular formula is C6H14N2O. The van der Waals surface area contributed by atoms with Gasteiger partial charge in [-0.2, -0.15) is 0 Å². The SMILES string of the molecule is C=C(C)C(=N)OCC.N. The zero-order valence-electron chi connectivity index (χ0n) is 6.03. The van der Waals surface area contributed by atoms with Crippen LogP contribution in [0, 0.1) is 5.41 Å². The molecule has 0 aromatic carbocycles. The fourth-order valence-corrected chi connectivity index (χ4v) is 0.268. The number of hydrogen-bond acceptors (Lipinski definition) is 3. The standard InChI is InChI=1S/C6H11NO.H3N/c1-4-8-6(7)5(2)3;/h7H,2,4H2,1,3H3;1H3. The summed E-state index contributed by atoms with van der Waals surface area (Å²) in [5.74, 6) is 0.188. The summed E-state index contributed by atoms with van der Waals surface area (Å²) in [6, 6.07) is 0. The minimum atomic E-state index is 0. The highest BCUT2D eigenvalue weighted by Gasteiger charge is 1.92. The van der Waals surface area contributed by atoms with Crippen LogP contribution in [0.2, 0.25) is 0 Å². The van der Waals surface area contributed by atoms with E-state index in [-0.39, 0.29) is 12.0 Å². The molecule has 0 fully saturated rings. The third kappa shape index (κ3) is 5.03. The molecule has 0 aliphatic heterocycles. The molecule has 0 heterocycles. The fraction of sp³-hybridized carbons (Fsp3) is 0.500. The van der Waals surface area contributed by atoms with Crippen molar-refractivity contribution in [3.05, 3.63) is 12.2 Å². The molecule has 0 rings (SSSR count). The minimum absolute atomic E-state index is 0. The molecule has 0 unspecified atom stereocenters. The van der Waals surface area contributed by atoms with Crippen molar-refractivity contribution in [1.82, 2.24) is 6.15 Å². The summed E-state index contributed by atoms with van der Waals surface area (Å²) in [6.45, 7) is 7.66. The summed E-state index contributed by atoms with van der Waals surface area (Å²) in [7, 11) is 0. The van der Waals surface area contributed by atoms with Crippen molar-refractivity contribution in [2.45, 2.75) is 13.8 Å². The molecule has 3 heteroatoms. The molecule has 54 valence electrons. The molecule has 0 aliphatic rings. The van der Waals surface area contributed by atoms with Gasteiger partial charge in [-0.15, -0.1) is 0 Å². The van der Waals surface area contributed by atoms with E-state index in [2.05, 4.69) is 6.58 Å². The van der Waals surface area contributed by atoms with E-state index in [0.717, 1.165) is 0 Å². The van der Waals surface area contributed by atoms with E-state index in [1.807, 2.05) is 6.92 Å². The summed E-state index contributed by atoms with van der Waals surface area (Å²) < 4.78 is 4.79. The third-order valence-corrected chi connectivity index (χ3v) is 0.676. The summed E-state index contributed by atoms with van der Waals surface area (Å²) >= 11 is 0. The summed E-state index contributed by atoms with van der Waals surface area (Å²) in [6.07, 6.45) is 0. The van der Waals surface area contributed by atoms with Gasteiger partial charge < -0.3 is 10.9 Å². The molecule has 9 heavy (non-hydrogen) atoms. The normalized spacial score (nSPS) is 7.33. The lowest BCUT2D eigenvalue weighted by atomic mass is 10.3. The molecule has 0 spiro atoms. The van der Waals surface area contributed by atoms with Gasteiger partial charge in [0.05, 0.1) is 6.61 Å². The Bertz CT molecular complexity index is 110. The van der Waals surface area contributed by atoms with Gasteiger partial charge in [-0.1, -0.05) is 6.58 Å². The van der Waals surface area contributed by atoms with Crippen molar-refractivity contribution < 1.29 is 4.74 Å². The van der Waals surface area contributed by atoms with Gasteiger partial charge in [-0.3, -0.25) is 5.41 Å². The van der Waals surface area contributed by atoms with E-state index in [4.69, 9.17) is 10.1 Å². The molecule has 3 nitrogen and oxygen atoms in total. The molecule has 0 bridgehead atoms. The second-order valence-corrected chi connectivity index (χ2v) is 1.54. The first-order valence-electron chi connectivity index (χ1n) is 2.55. The Labute approximate surface area is 55.8 Å². The lowest BCUT2D eigenvalue weighted by Gasteiger charge is -2.00. The highest BCUT2D eigenvalue weighted by Crippen LogP contribution is 1.90. The minimum Gasteiger partial charge on any atom is -0.478 e. The average Bonchev–Trinajstić information content (AvgIpc) is 1.67. The monoisotopic (exact) mass is 130 g/mol. The van der Waals surface area contributed by atoms with Crippen LogP contribution in [0.15, 0.2) is 12.2 Å². The number of rotatable bonds is 2. The molecule has 0 aliphatic carbocycles. The van der Waals surface area contributed by atoms with Gasteiger partial charge in [0.1, 0.15) is 0 Å². The smallest absolute Gasteiger partial charge is 0.208 e. The quantitative estimate of drug-likeness (QED) is 0.441. The number of hydrogen-bond donors (Lipinski definition) is 2. The van der Waals surface area contributed by atoms with Crippen LogP contribution in [0.3, 0.4) is 0 Å². The second-order valence-electron chi connectivity index (χ2n) is 1.54. The van der Waals surface area contributed by atoms with E-state index in [9.17, 15) is 0 Å². The Balaban J connectivity index is 0. The largest absolute Gasteiger partial charge is 0.478 e. The van der Waals surface area contributed by atoms with Crippen molar-refractivity contribution in [3.8, 4) is 0 Å². The summed E-state index contributed by atoms with van der Waals surface area (Å²) in [5, 5.41) is 7.02. The van der Waals surface area contributed by atoms with Crippen LogP contribution >= 0.6 is 0 Å². The molecule has 0 atom stereocenters. The zero-order chi connectivity index (χ0) is 6.57. The van der Waals surface area contributed by atoms with Gasteiger partial charge >= 0.3 is 0 Å². The molecule has 4 N–H and O–H groups in total. The molecule has 0 amide bonds. The van der Waals surface area contributed by atoms with Crippen LogP contribution in [0.5, 0.6) is 0 Å². The predicted molar refractivity (Wildman–Crippen MR) is 39.2 cm³/mol. The van der Waals surface area contributed by atoms with Crippen LogP contribution in [-0.2, 0) is 4.74 Å². The van der Waals surface area contributed by atoms with E-state index in [0.29, 0.717) is 12.2 Å². The van der Waals surface area contributed by atoms with Gasteiger partial charge in [0.15, 0.2) is 0 Å². The second kappa shape index (κ2) is 5.31. The van der Waals surface area contributed by atoms with Gasteiger partial charge in [-0.05, 0) is 13.8 Å².